The van der Waals surface area contributed by atoms with E-state index >= 15 is 0 Å². The molecule has 0 aromatic heterocycles. The van der Waals surface area contributed by atoms with E-state index in [4.69, 9.17) is 9.47 Å². The van der Waals surface area contributed by atoms with Crippen LogP contribution in [0.25, 0.3) is 0 Å². The summed E-state index contributed by atoms with van der Waals surface area (Å²) in [5.74, 6) is 1.000. The van der Waals surface area contributed by atoms with Gasteiger partial charge in [0.1, 0.15) is 17.5 Å². The summed E-state index contributed by atoms with van der Waals surface area (Å²) in [6, 6.07) is 24.5. The molecule has 3 aromatic carbocycles. The number of benzene rings is 3. The second-order valence-electron chi connectivity index (χ2n) is 9.62. The Kier molecular flexibility index (Phi) is 9.19. The van der Waals surface area contributed by atoms with E-state index < -0.39 is 6.04 Å². The molecule has 1 aliphatic carbocycles. The van der Waals surface area contributed by atoms with E-state index in [2.05, 4.69) is 5.32 Å². The van der Waals surface area contributed by atoms with Gasteiger partial charge >= 0.3 is 0 Å². The predicted molar refractivity (Wildman–Crippen MR) is 145 cm³/mol. The molecule has 6 nitrogen and oxygen atoms in total. The zero-order chi connectivity index (χ0) is 26.0. The van der Waals surface area contributed by atoms with Crippen LogP contribution in [0.1, 0.15) is 42.4 Å². The van der Waals surface area contributed by atoms with Crippen LogP contribution in [-0.4, -0.2) is 42.5 Å². The first-order chi connectivity index (χ1) is 18.0. The van der Waals surface area contributed by atoms with E-state index in [0.29, 0.717) is 17.9 Å². The number of amides is 2. The summed E-state index contributed by atoms with van der Waals surface area (Å²) in [7, 11) is 1.62. The van der Waals surface area contributed by atoms with E-state index in [9.17, 15) is 9.59 Å². The number of para-hydroxylation sites is 1. The molecule has 194 valence electrons. The first-order valence-corrected chi connectivity index (χ1v) is 13.0. The van der Waals surface area contributed by atoms with E-state index in [-0.39, 0.29) is 31.0 Å². The molecule has 2 amide bonds. The number of carbonyl (C=O) groups is 2. The van der Waals surface area contributed by atoms with Crippen LogP contribution in [-0.2, 0) is 22.6 Å². The van der Waals surface area contributed by atoms with Gasteiger partial charge in [-0.05, 0) is 54.7 Å². The molecule has 37 heavy (non-hydrogen) atoms. The highest BCUT2D eigenvalue weighted by Gasteiger charge is 2.32. The fraction of sp³-hybridized carbons (Fsp3) is 0.355. The van der Waals surface area contributed by atoms with Crippen LogP contribution in [0.4, 0.5) is 0 Å². The van der Waals surface area contributed by atoms with Crippen molar-refractivity contribution in [3.05, 3.63) is 95.6 Å². The normalized spacial score (nSPS) is 14.1. The van der Waals surface area contributed by atoms with Crippen molar-refractivity contribution in [3.63, 3.8) is 0 Å². The Labute approximate surface area is 219 Å². The molecule has 1 atom stereocenters. The third-order valence-electron chi connectivity index (χ3n) is 6.90. The number of hydrogen-bond acceptors (Lipinski definition) is 4. The van der Waals surface area contributed by atoms with E-state index in [1.807, 2.05) is 85.8 Å². The van der Waals surface area contributed by atoms with Gasteiger partial charge in [0.05, 0.1) is 7.11 Å². The summed E-state index contributed by atoms with van der Waals surface area (Å²) >= 11 is 0. The van der Waals surface area contributed by atoms with Crippen molar-refractivity contribution in [1.82, 2.24) is 10.2 Å². The fourth-order valence-electron chi connectivity index (χ4n) is 4.83. The second-order valence-corrected chi connectivity index (χ2v) is 9.62. The van der Waals surface area contributed by atoms with E-state index in [1.54, 1.807) is 12.0 Å². The summed E-state index contributed by atoms with van der Waals surface area (Å²) in [4.78, 5) is 29.1. The monoisotopic (exact) mass is 500 g/mol. The maximum atomic E-state index is 13.7. The zero-order valence-electron chi connectivity index (χ0n) is 21.7. The summed E-state index contributed by atoms with van der Waals surface area (Å²) in [5, 5.41) is 3.23. The first-order valence-electron chi connectivity index (χ1n) is 13.0. The Bertz CT molecular complexity index is 1170. The van der Waals surface area contributed by atoms with Crippen molar-refractivity contribution in [2.75, 3.05) is 13.7 Å². The highest BCUT2D eigenvalue weighted by molar-refractivity contribution is 5.88. The van der Waals surface area contributed by atoms with Gasteiger partial charge in [0, 0.05) is 19.0 Å². The van der Waals surface area contributed by atoms with Crippen LogP contribution in [0, 0.1) is 6.92 Å². The summed E-state index contributed by atoms with van der Waals surface area (Å²) in [5.41, 5.74) is 2.84. The SMILES string of the molecule is COc1cccc(CN(C(=O)COc2ccccc2C)[C@@H](Cc2ccccc2)C(=O)NC2CCCC2)c1. The lowest BCUT2D eigenvalue weighted by atomic mass is 10.0. The van der Waals surface area contributed by atoms with Crippen molar-refractivity contribution >= 4 is 11.8 Å². The molecule has 1 saturated carbocycles. The van der Waals surface area contributed by atoms with Gasteiger partial charge in [-0.2, -0.15) is 0 Å². The molecule has 0 unspecified atom stereocenters. The van der Waals surface area contributed by atoms with Crippen LogP contribution in [0.15, 0.2) is 78.9 Å². The molecule has 1 aliphatic rings. The number of hydrogen-bond donors (Lipinski definition) is 1. The molecule has 4 rings (SSSR count). The standard InChI is InChI=1S/C31H36N2O4/c1-23-11-6-9-18-29(23)37-22-30(34)33(21-25-14-10-17-27(19-25)36-2)28(20-24-12-4-3-5-13-24)31(35)32-26-15-7-8-16-26/h3-6,9-14,17-19,26,28H,7-8,15-16,20-22H2,1-2H3,(H,32,35)/t28-/m0/s1. The van der Waals surface area contributed by atoms with Crippen LogP contribution in [0.3, 0.4) is 0 Å². The Hall–Kier alpha value is -3.80. The van der Waals surface area contributed by atoms with Crippen LogP contribution < -0.4 is 14.8 Å². The molecule has 0 heterocycles. The predicted octanol–water partition coefficient (Wildman–Crippen LogP) is 5.08. The number of carbonyl (C=O) groups excluding carboxylic acids is 2. The smallest absolute Gasteiger partial charge is 0.261 e. The minimum atomic E-state index is -0.679. The maximum absolute atomic E-state index is 13.7. The lowest BCUT2D eigenvalue weighted by molar-refractivity contribution is -0.143. The van der Waals surface area contributed by atoms with Gasteiger partial charge in [0.15, 0.2) is 6.61 Å². The lowest BCUT2D eigenvalue weighted by Gasteiger charge is -2.32. The number of nitrogens with one attached hydrogen (secondary N) is 1. The molecule has 0 aliphatic heterocycles. The molecule has 6 heteroatoms. The van der Waals surface area contributed by atoms with Crippen molar-refractivity contribution < 1.29 is 19.1 Å². The van der Waals surface area contributed by atoms with E-state index in [1.165, 1.54) is 0 Å². The summed E-state index contributed by atoms with van der Waals surface area (Å²) < 4.78 is 11.3. The number of aryl methyl sites for hydroxylation is 1. The highest BCUT2D eigenvalue weighted by atomic mass is 16.5. The molecule has 0 radical (unpaired) electrons. The summed E-state index contributed by atoms with van der Waals surface area (Å²) in [6.07, 6.45) is 4.60. The van der Waals surface area contributed by atoms with Crippen LogP contribution >= 0.6 is 0 Å². The Morgan fingerprint density at radius 1 is 0.946 bits per heavy atom. The van der Waals surface area contributed by atoms with Crippen molar-refractivity contribution in [2.24, 2.45) is 0 Å². The zero-order valence-corrected chi connectivity index (χ0v) is 21.7. The van der Waals surface area contributed by atoms with Crippen LogP contribution in [0.2, 0.25) is 0 Å². The van der Waals surface area contributed by atoms with Gasteiger partial charge < -0.3 is 19.7 Å². The molecule has 3 aromatic rings. The van der Waals surface area contributed by atoms with Gasteiger partial charge in [0.2, 0.25) is 5.91 Å². The highest BCUT2D eigenvalue weighted by Crippen LogP contribution is 2.22. The van der Waals surface area contributed by atoms with Gasteiger partial charge in [-0.1, -0.05) is 73.5 Å². The minimum absolute atomic E-state index is 0.122. The lowest BCUT2D eigenvalue weighted by Crippen LogP contribution is -2.53. The molecule has 1 N–H and O–H groups in total. The molecule has 0 saturated heterocycles. The van der Waals surface area contributed by atoms with Gasteiger partial charge in [-0.15, -0.1) is 0 Å². The number of nitrogens with zero attached hydrogens (tertiary/aromatic N) is 1. The topological polar surface area (TPSA) is 67.9 Å². The quantitative estimate of drug-likeness (QED) is 0.399. The fourth-order valence-corrected chi connectivity index (χ4v) is 4.83. The van der Waals surface area contributed by atoms with Gasteiger partial charge in [0.25, 0.3) is 5.91 Å². The Morgan fingerprint density at radius 3 is 2.38 bits per heavy atom. The van der Waals surface area contributed by atoms with Gasteiger partial charge in [-0.3, -0.25) is 9.59 Å². The Morgan fingerprint density at radius 2 is 1.65 bits per heavy atom. The molecule has 0 spiro atoms. The van der Waals surface area contributed by atoms with Crippen molar-refractivity contribution in [3.8, 4) is 11.5 Å². The third-order valence-corrected chi connectivity index (χ3v) is 6.90. The average molecular weight is 501 g/mol. The van der Waals surface area contributed by atoms with Crippen molar-refractivity contribution in [1.29, 1.82) is 0 Å². The molecular formula is C31H36N2O4. The van der Waals surface area contributed by atoms with Crippen molar-refractivity contribution in [2.45, 2.75) is 57.7 Å². The maximum Gasteiger partial charge on any atom is 0.261 e. The minimum Gasteiger partial charge on any atom is -0.497 e. The largest absolute Gasteiger partial charge is 0.497 e. The second kappa shape index (κ2) is 12.9. The molecule has 0 bridgehead atoms. The summed E-state index contributed by atoms with van der Waals surface area (Å²) in [6.45, 7) is 2.06. The number of rotatable bonds is 11. The molecular weight excluding hydrogens is 464 g/mol. The van der Waals surface area contributed by atoms with E-state index in [0.717, 1.165) is 42.4 Å². The molecule has 1 fully saturated rings. The number of methoxy groups -OCH3 is 1. The number of ether oxygens (including phenoxy) is 2. The Balaban J connectivity index is 1.63. The third kappa shape index (κ3) is 7.35. The van der Waals surface area contributed by atoms with Crippen LogP contribution in [0.5, 0.6) is 11.5 Å². The van der Waals surface area contributed by atoms with Gasteiger partial charge in [-0.25, -0.2) is 0 Å². The first kappa shape index (κ1) is 26.3. The average Bonchev–Trinajstić information content (AvgIpc) is 3.43.